The van der Waals surface area contributed by atoms with E-state index in [4.69, 9.17) is 10.1 Å². The van der Waals surface area contributed by atoms with E-state index in [0.29, 0.717) is 11.9 Å². The maximum Gasteiger partial charge on any atom is 0.417 e. The number of amides is 1. The van der Waals surface area contributed by atoms with Crippen LogP contribution in [-0.2, 0) is 6.18 Å². The molecule has 0 spiro atoms. The number of carbonyl (C=O) groups is 1. The van der Waals surface area contributed by atoms with Crippen molar-refractivity contribution in [2.45, 2.75) is 6.18 Å². The highest BCUT2D eigenvalue weighted by Crippen LogP contribution is 2.28. The monoisotopic (exact) mass is 339 g/mol. The van der Waals surface area contributed by atoms with Gasteiger partial charge in [-0.3, -0.25) is 15.2 Å². The predicted molar refractivity (Wildman–Crippen MR) is 78.2 cm³/mol. The summed E-state index contributed by atoms with van der Waals surface area (Å²) in [5, 5.41) is 19.5. The number of rotatable bonds is 3. The van der Waals surface area contributed by atoms with Gasteiger partial charge in [0.2, 0.25) is 0 Å². The minimum absolute atomic E-state index is 0.147. The number of ether oxygens (including phenoxy) is 1. The fourth-order valence-corrected chi connectivity index (χ4v) is 1.78. The number of carbonyl (C=O) groups excluding carboxylic acids is 1. The van der Waals surface area contributed by atoms with Crippen molar-refractivity contribution in [1.29, 1.82) is 5.41 Å². The summed E-state index contributed by atoms with van der Waals surface area (Å²) in [6, 6.07) is 5.67. The summed E-state index contributed by atoms with van der Waals surface area (Å²) in [4.78, 5) is 15.6. The first-order valence-electron chi connectivity index (χ1n) is 6.53. The van der Waals surface area contributed by atoms with Crippen LogP contribution < -0.4 is 10.1 Å². The molecule has 6 nitrogen and oxygen atoms in total. The number of hydrogen-bond acceptors (Lipinski definition) is 5. The zero-order valence-corrected chi connectivity index (χ0v) is 12.3. The number of benzene rings is 1. The van der Waals surface area contributed by atoms with Crippen LogP contribution in [0.2, 0.25) is 0 Å². The summed E-state index contributed by atoms with van der Waals surface area (Å²) < 4.78 is 42.3. The second-order valence-corrected chi connectivity index (χ2v) is 4.64. The smallest absolute Gasteiger partial charge is 0.417 e. The van der Waals surface area contributed by atoms with E-state index in [9.17, 15) is 23.1 Å². The second-order valence-electron chi connectivity index (χ2n) is 4.64. The number of nitrogens with zero attached hydrogens (tertiary/aromatic N) is 1. The van der Waals surface area contributed by atoms with Gasteiger partial charge in [0.05, 0.1) is 18.2 Å². The standard InChI is InChI=1S/C15H12F3N3O3/c1-24-9-3-5-12(22)10(6-9)14(23)21-13(19)11-4-2-8(7-20-11)15(16,17)18/h2-7,22H,1H3,(H2,19,21,23). The molecule has 0 saturated carbocycles. The van der Waals surface area contributed by atoms with Crippen LogP contribution in [0.15, 0.2) is 36.5 Å². The summed E-state index contributed by atoms with van der Waals surface area (Å²) in [6.45, 7) is 0. The highest BCUT2D eigenvalue weighted by molar-refractivity contribution is 6.11. The van der Waals surface area contributed by atoms with Crippen LogP contribution in [0.5, 0.6) is 11.5 Å². The number of hydrogen-bond donors (Lipinski definition) is 3. The number of aromatic nitrogens is 1. The Hall–Kier alpha value is -3.10. The highest BCUT2D eigenvalue weighted by atomic mass is 19.4. The number of phenolic OH excluding ortho intramolecular Hbond substituents is 1. The first kappa shape index (κ1) is 17.3. The topological polar surface area (TPSA) is 95.3 Å². The Morgan fingerprint density at radius 1 is 1.29 bits per heavy atom. The van der Waals surface area contributed by atoms with Gasteiger partial charge in [0.1, 0.15) is 17.2 Å². The average Bonchev–Trinajstić information content (AvgIpc) is 2.54. The van der Waals surface area contributed by atoms with Crippen molar-refractivity contribution in [3.05, 3.63) is 53.3 Å². The molecule has 1 heterocycles. The maximum absolute atomic E-state index is 12.5. The van der Waals surface area contributed by atoms with E-state index in [1.165, 1.54) is 25.3 Å². The van der Waals surface area contributed by atoms with E-state index in [-0.39, 0.29) is 17.0 Å². The van der Waals surface area contributed by atoms with Gasteiger partial charge in [0.15, 0.2) is 5.84 Å². The molecule has 0 aliphatic heterocycles. The normalized spacial score (nSPS) is 11.0. The molecule has 126 valence electrons. The molecule has 0 saturated heterocycles. The van der Waals surface area contributed by atoms with Crippen molar-refractivity contribution in [2.75, 3.05) is 7.11 Å². The van der Waals surface area contributed by atoms with Gasteiger partial charge >= 0.3 is 6.18 Å². The summed E-state index contributed by atoms with van der Waals surface area (Å²) in [5.74, 6) is -1.34. The van der Waals surface area contributed by atoms with Crippen LogP contribution in [-0.4, -0.2) is 28.9 Å². The Morgan fingerprint density at radius 2 is 2.00 bits per heavy atom. The molecular weight excluding hydrogens is 327 g/mol. The minimum Gasteiger partial charge on any atom is -0.507 e. The molecular formula is C15H12F3N3O3. The van der Waals surface area contributed by atoms with Gasteiger partial charge in [-0.15, -0.1) is 0 Å². The second kappa shape index (κ2) is 6.57. The number of phenols is 1. The number of pyridine rings is 1. The molecule has 0 radical (unpaired) electrons. The maximum atomic E-state index is 12.5. The fraction of sp³-hybridized carbons (Fsp3) is 0.133. The van der Waals surface area contributed by atoms with E-state index < -0.39 is 23.5 Å². The molecule has 9 heteroatoms. The van der Waals surface area contributed by atoms with Gasteiger partial charge < -0.3 is 15.2 Å². The highest BCUT2D eigenvalue weighted by Gasteiger charge is 2.30. The minimum atomic E-state index is -4.54. The van der Waals surface area contributed by atoms with Gasteiger partial charge in [-0.25, -0.2) is 0 Å². The number of amidine groups is 1. The van der Waals surface area contributed by atoms with Crippen molar-refractivity contribution >= 4 is 11.7 Å². The molecule has 24 heavy (non-hydrogen) atoms. The van der Waals surface area contributed by atoms with Crippen LogP contribution in [0.1, 0.15) is 21.6 Å². The van der Waals surface area contributed by atoms with E-state index in [1.807, 2.05) is 0 Å². The van der Waals surface area contributed by atoms with E-state index in [1.54, 1.807) is 0 Å². The van der Waals surface area contributed by atoms with Crippen molar-refractivity contribution in [3.8, 4) is 11.5 Å². The zero-order valence-electron chi connectivity index (χ0n) is 12.3. The molecule has 0 aliphatic carbocycles. The van der Waals surface area contributed by atoms with Gasteiger partial charge in [-0.2, -0.15) is 13.2 Å². The van der Waals surface area contributed by atoms with Crippen LogP contribution in [0, 0.1) is 5.41 Å². The first-order valence-corrected chi connectivity index (χ1v) is 6.53. The predicted octanol–water partition coefficient (Wildman–Crippen LogP) is 2.57. The Morgan fingerprint density at radius 3 is 2.54 bits per heavy atom. The molecule has 0 unspecified atom stereocenters. The molecule has 1 amide bonds. The Balaban J connectivity index is 2.16. The van der Waals surface area contributed by atoms with Crippen LogP contribution in [0.25, 0.3) is 0 Å². The van der Waals surface area contributed by atoms with Crippen molar-refractivity contribution < 1.29 is 27.8 Å². The third kappa shape index (κ3) is 3.80. The zero-order chi connectivity index (χ0) is 17.9. The lowest BCUT2D eigenvalue weighted by Gasteiger charge is -2.10. The summed E-state index contributed by atoms with van der Waals surface area (Å²) in [5.41, 5.74) is -1.26. The Labute approximate surface area is 134 Å². The molecule has 2 rings (SSSR count). The molecule has 1 aromatic carbocycles. The van der Waals surface area contributed by atoms with Crippen LogP contribution >= 0.6 is 0 Å². The quantitative estimate of drug-likeness (QED) is 0.592. The number of nitrogens with one attached hydrogen (secondary N) is 2. The molecule has 0 atom stereocenters. The van der Waals surface area contributed by atoms with Crippen molar-refractivity contribution in [1.82, 2.24) is 10.3 Å². The molecule has 3 N–H and O–H groups in total. The molecule has 2 aromatic rings. The third-order valence-electron chi connectivity index (χ3n) is 3.03. The van der Waals surface area contributed by atoms with Crippen LogP contribution in [0.4, 0.5) is 13.2 Å². The first-order chi connectivity index (χ1) is 11.2. The number of alkyl halides is 3. The lowest BCUT2D eigenvalue weighted by molar-refractivity contribution is -0.137. The third-order valence-corrected chi connectivity index (χ3v) is 3.03. The van der Waals surface area contributed by atoms with Gasteiger partial charge in [-0.1, -0.05) is 0 Å². The molecule has 0 fully saturated rings. The molecule has 1 aromatic heterocycles. The lowest BCUT2D eigenvalue weighted by atomic mass is 10.1. The van der Waals surface area contributed by atoms with Gasteiger partial charge in [-0.05, 0) is 30.3 Å². The van der Waals surface area contributed by atoms with Gasteiger partial charge in [0.25, 0.3) is 5.91 Å². The summed E-state index contributed by atoms with van der Waals surface area (Å²) >= 11 is 0. The average molecular weight is 339 g/mol. The number of methoxy groups -OCH3 is 1. The van der Waals surface area contributed by atoms with E-state index in [2.05, 4.69) is 10.3 Å². The van der Waals surface area contributed by atoms with Crippen molar-refractivity contribution in [3.63, 3.8) is 0 Å². The van der Waals surface area contributed by atoms with E-state index in [0.717, 1.165) is 12.1 Å². The Kier molecular flexibility index (Phi) is 4.72. The number of aromatic hydroxyl groups is 1. The van der Waals surface area contributed by atoms with Crippen molar-refractivity contribution in [2.24, 2.45) is 0 Å². The fourth-order valence-electron chi connectivity index (χ4n) is 1.78. The van der Waals surface area contributed by atoms with Gasteiger partial charge in [0, 0.05) is 6.20 Å². The summed E-state index contributed by atoms with van der Waals surface area (Å²) in [7, 11) is 1.38. The lowest BCUT2D eigenvalue weighted by Crippen LogP contribution is -2.31. The largest absolute Gasteiger partial charge is 0.507 e. The molecule has 0 bridgehead atoms. The Bertz CT molecular complexity index is 774. The molecule has 0 aliphatic rings. The van der Waals surface area contributed by atoms with E-state index >= 15 is 0 Å². The SMILES string of the molecule is COc1ccc(O)c(C(=O)NC(=N)c2ccc(C(F)(F)F)cn2)c1. The summed E-state index contributed by atoms with van der Waals surface area (Å²) in [6.07, 6.45) is -3.97. The number of halogens is 3. The van der Waals surface area contributed by atoms with Crippen LogP contribution in [0.3, 0.4) is 0 Å².